The number of ether oxygens (including phenoxy) is 1. The third kappa shape index (κ3) is 3.94. The van der Waals surface area contributed by atoms with Crippen LogP contribution in [0.25, 0.3) is 5.69 Å². The SMILES string of the molecule is C=CC(=O)OCCc1nccn1-c1c(C(C)C)cccc1C(C)C. The molecule has 1 aromatic heterocycles. The second-order valence-corrected chi connectivity index (χ2v) is 6.43. The van der Waals surface area contributed by atoms with Gasteiger partial charge in [0.2, 0.25) is 0 Å². The standard InChI is InChI=1S/C20H26N2O2/c1-6-19(23)24-13-10-18-21-11-12-22(18)20-16(14(2)3)8-7-9-17(20)15(4)5/h6-9,11-12,14-15H,1,10,13H2,2-5H3. The minimum absolute atomic E-state index is 0.294. The van der Waals surface area contributed by atoms with Crippen molar-refractivity contribution in [1.29, 1.82) is 0 Å². The number of aromatic nitrogens is 2. The Balaban J connectivity index is 2.40. The number of carbonyl (C=O) groups excluding carboxylic acids is 1. The highest BCUT2D eigenvalue weighted by molar-refractivity contribution is 5.81. The summed E-state index contributed by atoms with van der Waals surface area (Å²) in [6, 6.07) is 6.47. The first-order chi connectivity index (χ1) is 11.5. The number of esters is 1. The van der Waals surface area contributed by atoms with Gasteiger partial charge in [0.1, 0.15) is 5.82 Å². The topological polar surface area (TPSA) is 44.1 Å². The number of hydrogen-bond acceptors (Lipinski definition) is 3. The molecule has 0 aliphatic heterocycles. The van der Waals surface area contributed by atoms with Gasteiger partial charge in [-0.2, -0.15) is 0 Å². The van der Waals surface area contributed by atoms with E-state index in [4.69, 9.17) is 4.74 Å². The first-order valence-electron chi connectivity index (χ1n) is 8.40. The van der Waals surface area contributed by atoms with Crippen LogP contribution in [-0.2, 0) is 16.0 Å². The summed E-state index contributed by atoms with van der Waals surface area (Å²) >= 11 is 0. The third-order valence-corrected chi connectivity index (χ3v) is 4.04. The lowest BCUT2D eigenvalue weighted by molar-refractivity contribution is -0.137. The zero-order valence-electron chi connectivity index (χ0n) is 15.0. The van der Waals surface area contributed by atoms with E-state index in [9.17, 15) is 4.79 Å². The third-order valence-electron chi connectivity index (χ3n) is 4.04. The van der Waals surface area contributed by atoms with Gasteiger partial charge in [0.25, 0.3) is 0 Å². The van der Waals surface area contributed by atoms with Gasteiger partial charge in [0.15, 0.2) is 0 Å². The van der Waals surface area contributed by atoms with Gasteiger partial charge in [-0.15, -0.1) is 0 Å². The lowest BCUT2D eigenvalue weighted by Crippen LogP contribution is -2.12. The molecule has 1 heterocycles. The fourth-order valence-corrected chi connectivity index (χ4v) is 2.81. The molecule has 0 aliphatic carbocycles. The second kappa shape index (κ2) is 7.95. The van der Waals surface area contributed by atoms with E-state index >= 15 is 0 Å². The molecule has 0 saturated carbocycles. The molecule has 0 aliphatic rings. The fourth-order valence-electron chi connectivity index (χ4n) is 2.81. The van der Waals surface area contributed by atoms with Crippen LogP contribution in [0.2, 0.25) is 0 Å². The quantitative estimate of drug-likeness (QED) is 0.560. The van der Waals surface area contributed by atoms with Gasteiger partial charge in [0.05, 0.1) is 12.3 Å². The molecule has 0 saturated heterocycles. The van der Waals surface area contributed by atoms with Gasteiger partial charge in [-0.05, 0) is 23.0 Å². The monoisotopic (exact) mass is 326 g/mol. The smallest absolute Gasteiger partial charge is 0.330 e. The van der Waals surface area contributed by atoms with Crippen molar-refractivity contribution in [2.75, 3.05) is 6.61 Å². The molecule has 0 fully saturated rings. The van der Waals surface area contributed by atoms with Crippen LogP contribution >= 0.6 is 0 Å². The number of imidazole rings is 1. The van der Waals surface area contributed by atoms with Gasteiger partial charge in [-0.1, -0.05) is 52.5 Å². The molecule has 0 N–H and O–H groups in total. The summed E-state index contributed by atoms with van der Waals surface area (Å²) in [5.41, 5.74) is 3.79. The maximum Gasteiger partial charge on any atom is 0.330 e. The highest BCUT2D eigenvalue weighted by Crippen LogP contribution is 2.31. The van der Waals surface area contributed by atoms with Crippen molar-refractivity contribution in [3.05, 3.63) is 60.2 Å². The average molecular weight is 326 g/mol. The number of rotatable bonds is 7. The molecule has 4 nitrogen and oxygen atoms in total. The van der Waals surface area contributed by atoms with Crippen molar-refractivity contribution in [3.8, 4) is 5.69 Å². The summed E-state index contributed by atoms with van der Waals surface area (Å²) in [6.45, 7) is 12.5. The Kier molecular flexibility index (Phi) is 5.96. The molecular weight excluding hydrogens is 300 g/mol. The highest BCUT2D eigenvalue weighted by Gasteiger charge is 2.17. The molecule has 0 spiro atoms. The van der Waals surface area contributed by atoms with E-state index in [2.05, 4.69) is 62.0 Å². The maximum atomic E-state index is 11.2. The Bertz CT molecular complexity index is 688. The van der Waals surface area contributed by atoms with E-state index in [-0.39, 0.29) is 0 Å². The normalized spacial score (nSPS) is 11.1. The second-order valence-electron chi connectivity index (χ2n) is 6.43. The van der Waals surface area contributed by atoms with Crippen molar-refractivity contribution in [3.63, 3.8) is 0 Å². The van der Waals surface area contributed by atoms with Crippen LogP contribution in [-0.4, -0.2) is 22.1 Å². The minimum atomic E-state index is -0.404. The Morgan fingerprint density at radius 1 is 1.25 bits per heavy atom. The van der Waals surface area contributed by atoms with Crippen LogP contribution in [0.3, 0.4) is 0 Å². The molecule has 4 heteroatoms. The summed E-state index contributed by atoms with van der Waals surface area (Å²) < 4.78 is 7.23. The van der Waals surface area contributed by atoms with Crippen molar-refractivity contribution in [2.45, 2.75) is 46.0 Å². The Morgan fingerprint density at radius 3 is 2.42 bits per heavy atom. The van der Waals surface area contributed by atoms with Crippen molar-refractivity contribution in [2.24, 2.45) is 0 Å². The van der Waals surface area contributed by atoms with E-state index in [0.717, 1.165) is 5.82 Å². The number of carbonyl (C=O) groups is 1. The molecule has 1 aromatic carbocycles. The largest absolute Gasteiger partial charge is 0.462 e. The van der Waals surface area contributed by atoms with E-state index in [1.165, 1.54) is 22.9 Å². The van der Waals surface area contributed by atoms with Crippen molar-refractivity contribution in [1.82, 2.24) is 9.55 Å². The summed E-state index contributed by atoms with van der Waals surface area (Å²) in [5, 5.41) is 0. The van der Waals surface area contributed by atoms with Crippen LogP contribution in [0, 0.1) is 0 Å². The summed E-state index contributed by atoms with van der Waals surface area (Å²) in [5.74, 6) is 1.31. The molecule has 128 valence electrons. The molecule has 2 aromatic rings. The maximum absolute atomic E-state index is 11.2. The summed E-state index contributed by atoms with van der Waals surface area (Å²) in [4.78, 5) is 15.7. The lowest BCUT2D eigenvalue weighted by Gasteiger charge is -2.21. The molecule has 0 unspecified atom stereocenters. The first-order valence-corrected chi connectivity index (χ1v) is 8.40. The van der Waals surface area contributed by atoms with Gasteiger partial charge >= 0.3 is 5.97 Å². The predicted octanol–water partition coefficient (Wildman–Crippen LogP) is 4.39. The van der Waals surface area contributed by atoms with Crippen LogP contribution in [0.5, 0.6) is 0 Å². The van der Waals surface area contributed by atoms with E-state index in [1.54, 1.807) is 6.20 Å². The summed E-state index contributed by atoms with van der Waals surface area (Å²) in [6.07, 6.45) is 5.53. The first kappa shape index (κ1) is 18.0. The molecular formula is C20H26N2O2. The number of para-hydroxylation sites is 1. The van der Waals surface area contributed by atoms with Crippen LogP contribution in [0.15, 0.2) is 43.2 Å². The predicted molar refractivity (Wildman–Crippen MR) is 96.6 cm³/mol. The molecule has 0 bridgehead atoms. The molecule has 0 radical (unpaired) electrons. The average Bonchev–Trinajstić information content (AvgIpc) is 3.01. The van der Waals surface area contributed by atoms with Gasteiger partial charge in [-0.3, -0.25) is 0 Å². The minimum Gasteiger partial charge on any atom is -0.462 e. The fraction of sp³-hybridized carbons (Fsp3) is 0.400. The molecule has 2 rings (SSSR count). The Morgan fingerprint density at radius 2 is 1.88 bits per heavy atom. The van der Waals surface area contributed by atoms with E-state index < -0.39 is 5.97 Å². The Hall–Kier alpha value is -2.36. The van der Waals surface area contributed by atoms with Gasteiger partial charge in [0, 0.05) is 24.9 Å². The molecule has 0 amide bonds. The summed E-state index contributed by atoms with van der Waals surface area (Å²) in [7, 11) is 0. The van der Waals surface area contributed by atoms with E-state index in [1.807, 2.05) is 6.20 Å². The lowest BCUT2D eigenvalue weighted by atomic mass is 9.92. The Labute approximate surface area is 144 Å². The zero-order valence-corrected chi connectivity index (χ0v) is 15.0. The molecule has 0 atom stereocenters. The van der Waals surface area contributed by atoms with Gasteiger partial charge in [-0.25, -0.2) is 9.78 Å². The van der Waals surface area contributed by atoms with Gasteiger partial charge < -0.3 is 9.30 Å². The van der Waals surface area contributed by atoms with E-state index in [0.29, 0.717) is 24.9 Å². The van der Waals surface area contributed by atoms with Crippen molar-refractivity contribution < 1.29 is 9.53 Å². The zero-order chi connectivity index (χ0) is 17.7. The van der Waals surface area contributed by atoms with Crippen LogP contribution in [0.1, 0.15) is 56.5 Å². The van der Waals surface area contributed by atoms with Crippen LogP contribution < -0.4 is 0 Å². The number of nitrogens with zero attached hydrogens (tertiary/aromatic N) is 2. The number of benzene rings is 1. The number of hydrogen-bond donors (Lipinski definition) is 0. The van der Waals surface area contributed by atoms with Crippen LogP contribution in [0.4, 0.5) is 0 Å². The highest BCUT2D eigenvalue weighted by atomic mass is 16.5. The van der Waals surface area contributed by atoms with Crippen molar-refractivity contribution >= 4 is 5.97 Å². The molecule has 24 heavy (non-hydrogen) atoms.